The molecule has 9 nitrogen and oxygen atoms in total. The number of hydrogen-bond donors (Lipinski definition) is 2. The van der Waals surface area contributed by atoms with Crippen molar-refractivity contribution >= 4 is 19.6 Å². The van der Waals surface area contributed by atoms with E-state index in [0.29, 0.717) is 17.4 Å². The fourth-order valence-corrected chi connectivity index (χ4v) is 4.77. The molecule has 2 N–H and O–H groups in total. The normalized spacial score (nSPS) is 15.3. The molecule has 0 aliphatic rings. The number of unbranched alkanes of at least 4 members (excludes halogenated alkanes) is 11. The van der Waals surface area contributed by atoms with Gasteiger partial charge >= 0.3 is 13.8 Å². The highest BCUT2D eigenvalue weighted by molar-refractivity contribution is 7.47. The van der Waals surface area contributed by atoms with Gasteiger partial charge in [0.15, 0.2) is 18.0 Å². The Labute approximate surface area is 231 Å². The van der Waals surface area contributed by atoms with Gasteiger partial charge in [-0.05, 0) is 32.1 Å². The van der Waals surface area contributed by atoms with E-state index in [2.05, 4.69) is 19.1 Å². The zero-order valence-electron chi connectivity index (χ0n) is 24.6. The smallest absolute Gasteiger partial charge is 0.457 e. The van der Waals surface area contributed by atoms with Crippen LogP contribution in [0.4, 0.5) is 0 Å². The van der Waals surface area contributed by atoms with Gasteiger partial charge in [-0.2, -0.15) is 0 Å². The lowest BCUT2D eigenvalue weighted by atomic mass is 10.0. The highest BCUT2D eigenvalue weighted by Gasteiger charge is 2.38. The number of ether oxygens (including phenoxy) is 1. The van der Waals surface area contributed by atoms with Crippen molar-refractivity contribution in [2.75, 3.05) is 40.9 Å². The summed E-state index contributed by atoms with van der Waals surface area (Å²) in [5, 5.41) is 9.65. The summed E-state index contributed by atoms with van der Waals surface area (Å²) < 4.78 is 28.1. The molecule has 224 valence electrons. The molecule has 0 aliphatic heterocycles. The van der Waals surface area contributed by atoms with Crippen LogP contribution in [-0.4, -0.2) is 79.3 Å². The van der Waals surface area contributed by atoms with Crippen molar-refractivity contribution in [1.29, 1.82) is 0 Å². The van der Waals surface area contributed by atoms with E-state index in [1.807, 2.05) is 21.1 Å². The summed E-state index contributed by atoms with van der Waals surface area (Å²) in [4.78, 5) is 34.4. The summed E-state index contributed by atoms with van der Waals surface area (Å²) >= 11 is 0. The minimum atomic E-state index is -4.61. The van der Waals surface area contributed by atoms with Crippen LogP contribution in [0.3, 0.4) is 0 Å². The van der Waals surface area contributed by atoms with Gasteiger partial charge in [0.25, 0.3) is 0 Å². The molecule has 0 aromatic rings. The second-order valence-corrected chi connectivity index (χ2v) is 12.4. The minimum Gasteiger partial charge on any atom is -0.457 e. The van der Waals surface area contributed by atoms with Crippen molar-refractivity contribution in [3.63, 3.8) is 0 Å². The summed E-state index contributed by atoms with van der Waals surface area (Å²) in [6.07, 6.45) is 16.3. The number of rotatable bonds is 25. The fourth-order valence-electron chi connectivity index (χ4n) is 3.86. The number of phosphoric ester groups is 1. The minimum absolute atomic E-state index is 0.0657. The van der Waals surface area contributed by atoms with Gasteiger partial charge in [-0.3, -0.25) is 18.6 Å². The molecule has 0 fully saturated rings. The van der Waals surface area contributed by atoms with Gasteiger partial charge in [-0.15, -0.1) is 0 Å². The second-order valence-electron chi connectivity index (χ2n) is 11.0. The van der Waals surface area contributed by atoms with Crippen LogP contribution in [0.5, 0.6) is 0 Å². The Hall–Kier alpha value is -1.09. The summed E-state index contributed by atoms with van der Waals surface area (Å²) in [5.41, 5.74) is 0. The number of hydrogen-bond acceptors (Lipinski definition) is 7. The lowest BCUT2D eigenvalue weighted by Gasteiger charge is -2.27. The lowest BCUT2D eigenvalue weighted by molar-refractivity contribution is -0.870. The third-order valence-electron chi connectivity index (χ3n) is 6.10. The van der Waals surface area contributed by atoms with E-state index in [4.69, 9.17) is 13.8 Å². The van der Waals surface area contributed by atoms with Crippen LogP contribution < -0.4 is 0 Å². The van der Waals surface area contributed by atoms with Crippen LogP contribution >= 0.6 is 7.82 Å². The van der Waals surface area contributed by atoms with Crippen LogP contribution in [0.15, 0.2) is 12.2 Å². The van der Waals surface area contributed by atoms with Gasteiger partial charge in [0, 0.05) is 13.3 Å². The van der Waals surface area contributed by atoms with Gasteiger partial charge in [-0.1, -0.05) is 70.4 Å². The van der Waals surface area contributed by atoms with E-state index < -0.39 is 38.4 Å². The molecule has 0 spiro atoms. The number of allylic oxidation sites excluding steroid dienone is 2. The Balaban J connectivity index is 4.43. The molecule has 3 atom stereocenters. The number of aliphatic hydroxyl groups is 1. The second kappa shape index (κ2) is 21.7. The first-order valence-corrected chi connectivity index (χ1v) is 15.8. The third kappa shape index (κ3) is 21.8. The van der Waals surface area contributed by atoms with E-state index in [-0.39, 0.29) is 13.0 Å². The van der Waals surface area contributed by atoms with E-state index in [9.17, 15) is 24.2 Å². The zero-order chi connectivity index (χ0) is 28.9. The molecule has 0 aromatic heterocycles. The zero-order valence-corrected chi connectivity index (χ0v) is 25.5. The van der Waals surface area contributed by atoms with Crippen molar-refractivity contribution in [3.05, 3.63) is 12.2 Å². The van der Waals surface area contributed by atoms with Crippen LogP contribution in [-0.2, 0) is 27.9 Å². The molecule has 0 saturated heterocycles. The Morgan fingerprint density at radius 2 is 1.42 bits per heavy atom. The number of likely N-dealkylation sites (N-methyl/N-ethyl adjacent to an activating group) is 1. The number of esters is 1. The molecule has 0 bridgehead atoms. The highest BCUT2D eigenvalue weighted by atomic mass is 31.2. The molecule has 2 unspecified atom stereocenters. The average Bonchev–Trinajstić information content (AvgIpc) is 2.82. The largest absolute Gasteiger partial charge is 0.473 e. The summed E-state index contributed by atoms with van der Waals surface area (Å²) in [5.74, 6) is -1.24. The number of nitrogens with zero attached hydrogens (tertiary/aromatic N) is 1. The SMILES string of the molecule is CCCCCCCC/C=C\CCCCCCCC(=O)C(OP(=O)(O)OCC[N+](C)(C)C)[C@H](CO)OC(C)=O. The fraction of sp³-hybridized carbons (Fsp3) is 0.857. The number of aliphatic hydroxyl groups excluding tert-OH is 1. The molecular weight excluding hydrogens is 509 g/mol. The van der Waals surface area contributed by atoms with Gasteiger partial charge in [0.05, 0.1) is 27.7 Å². The maximum atomic E-state index is 12.8. The maximum absolute atomic E-state index is 12.8. The quantitative estimate of drug-likeness (QED) is 0.0475. The van der Waals surface area contributed by atoms with E-state index in [0.717, 1.165) is 45.4 Å². The van der Waals surface area contributed by atoms with Gasteiger partial charge in [0.2, 0.25) is 0 Å². The predicted molar refractivity (Wildman–Crippen MR) is 151 cm³/mol. The van der Waals surface area contributed by atoms with Crippen LogP contribution in [0, 0.1) is 0 Å². The van der Waals surface area contributed by atoms with E-state index >= 15 is 0 Å². The molecule has 0 aromatic carbocycles. The molecule has 0 saturated carbocycles. The van der Waals surface area contributed by atoms with E-state index in [1.54, 1.807) is 0 Å². The average molecular weight is 565 g/mol. The van der Waals surface area contributed by atoms with E-state index in [1.165, 1.54) is 38.5 Å². The highest BCUT2D eigenvalue weighted by Crippen LogP contribution is 2.45. The van der Waals surface area contributed by atoms with Gasteiger partial charge in [-0.25, -0.2) is 4.57 Å². The number of carbonyl (C=O) groups excluding carboxylic acids is 2. The van der Waals surface area contributed by atoms with Crippen molar-refractivity contribution in [2.24, 2.45) is 0 Å². The third-order valence-corrected chi connectivity index (χ3v) is 7.10. The molecule has 0 radical (unpaired) electrons. The summed E-state index contributed by atoms with van der Waals surface area (Å²) in [7, 11) is 1.08. The van der Waals surface area contributed by atoms with Crippen molar-refractivity contribution < 1.29 is 42.4 Å². The first-order valence-electron chi connectivity index (χ1n) is 14.3. The van der Waals surface area contributed by atoms with Gasteiger partial charge in [0.1, 0.15) is 13.2 Å². The first kappa shape index (κ1) is 36.9. The van der Waals surface area contributed by atoms with Crippen molar-refractivity contribution in [2.45, 2.75) is 116 Å². The van der Waals surface area contributed by atoms with Crippen LogP contribution in [0.2, 0.25) is 0 Å². The molecular formula is C28H55NO8P+. The Morgan fingerprint density at radius 3 is 1.92 bits per heavy atom. The number of phosphoric acid groups is 1. The molecule has 38 heavy (non-hydrogen) atoms. The Bertz CT molecular complexity index is 707. The molecule has 10 heteroatoms. The van der Waals surface area contributed by atoms with Crippen LogP contribution in [0.1, 0.15) is 104 Å². The Morgan fingerprint density at radius 1 is 0.895 bits per heavy atom. The molecule has 0 heterocycles. The number of carbonyl (C=O) groups is 2. The molecule has 0 aliphatic carbocycles. The number of quaternary nitrogens is 1. The lowest BCUT2D eigenvalue weighted by Crippen LogP contribution is -2.41. The van der Waals surface area contributed by atoms with Crippen LogP contribution in [0.25, 0.3) is 0 Å². The first-order chi connectivity index (χ1) is 17.9. The molecule has 0 amide bonds. The standard InChI is InChI=1S/C28H54NO8P/c1-6-7-8-9-10-11-12-13-14-15-16-17-18-19-20-21-26(32)28(27(24-30)36-25(2)31)37-38(33,34)35-23-22-29(3,4)5/h13-14,27-28,30H,6-12,15-24H2,1-5H3/p+1/b14-13-/t27-,28?/m0/s1. The summed E-state index contributed by atoms with van der Waals surface area (Å²) in [6.45, 7) is 3.02. The number of ketones is 1. The maximum Gasteiger partial charge on any atom is 0.473 e. The molecule has 0 rings (SSSR count). The predicted octanol–water partition coefficient (Wildman–Crippen LogP) is 5.73. The number of Topliss-reactive ketones (excluding diaryl/α,β-unsaturated/α-hetero) is 1. The monoisotopic (exact) mass is 564 g/mol. The van der Waals surface area contributed by atoms with Crippen molar-refractivity contribution in [1.82, 2.24) is 0 Å². The summed E-state index contributed by atoms with van der Waals surface area (Å²) in [6, 6.07) is 0. The topological polar surface area (TPSA) is 119 Å². The van der Waals surface area contributed by atoms with Crippen molar-refractivity contribution in [3.8, 4) is 0 Å². The van der Waals surface area contributed by atoms with Gasteiger partial charge < -0.3 is 19.2 Å². The Kier molecular flexibility index (Phi) is 21.1.